The van der Waals surface area contributed by atoms with Gasteiger partial charge in [0.2, 0.25) is 0 Å². The first kappa shape index (κ1) is 33.3. The molecule has 42 heavy (non-hydrogen) atoms. The molecule has 0 bridgehead atoms. The largest absolute Gasteiger partial charge is 0.504 e. The van der Waals surface area contributed by atoms with E-state index in [1.54, 1.807) is 62.8 Å². The number of methoxy groups -OCH3 is 6. The molecule has 0 amide bonds. The fourth-order valence-corrected chi connectivity index (χ4v) is 5.52. The highest BCUT2D eigenvalue weighted by atomic mass is 79.9. The summed E-state index contributed by atoms with van der Waals surface area (Å²) in [6.45, 7) is 0. The molecule has 2 N–H and O–H groups in total. The van der Waals surface area contributed by atoms with Crippen LogP contribution in [0.5, 0.6) is 46.0 Å². The molecular formula is C30H28Br2Cl2O8. The van der Waals surface area contributed by atoms with E-state index in [1.807, 2.05) is 0 Å². The maximum atomic E-state index is 10.3. The van der Waals surface area contributed by atoms with Crippen molar-refractivity contribution in [2.75, 3.05) is 42.7 Å². The van der Waals surface area contributed by atoms with Crippen molar-refractivity contribution in [3.63, 3.8) is 0 Å². The Hall–Kier alpha value is -3.18. The third-order valence-corrected chi connectivity index (χ3v) is 7.54. The normalized spacial score (nSPS) is 10.3. The van der Waals surface area contributed by atoms with Crippen LogP contribution in [0.3, 0.4) is 0 Å². The second-order valence-corrected chi connectivity index (χ2v) is 11.0. The Morgan fingerprint density at radius 3 is 1.10 bits per heavy atom. The van der Waals surface area contributed by atoms with Crippen molar-refractivity contribution >= 4 is 55.1 Å². The summed E-state index contributed by atoms with van der Waals surface area (Å²) >= 11 is 19.4. The number of halogens is 4. The average molecular weight is 747 g/mol. The van der Waals surface area contributed by atoms with Crippen molar-refractivity contribution in [2.24, 2.45) is 0 Å². The lowest BCUT2D eigenvalue weighted by molar-refractivity contribution is 0.373. The lowest BCUT2D eigenvalue weighted by Gasteiger charge is -2.15. The number of hydrogen-bond donors (Lipinski definition) is 2. The highest BCUT2D eigenvalue weighted by Crippen LogP contribution is 2.48. The van der Waals surface area contributed by atoms with Crippen LogP contribution in [0.15, 0.2) is 57.5 Å². The molecule has 12 heteroatoms. The number of phenols is 2. The lowest BCUT2D eigenvalue weighted by Crippen LogP contribution is -1.94. The van der Waals surface area contributed by atoms with Gasteiger partial charge in [0.25, 0.3) is 0 Å². The van der Waals surface area contributed by atoms with E-state index in [1.165, 1.54) is 28.4 Å². The van der Waals surface area contributed by atoms with Crippen LogP contribution < -0.4 is 28.4 Å². The molecule has 0 saturated heterocycles. The van der Waals surface area contributed by atoms with Gasteiger partial charge in [-0.25, -0.2) is 0 Å². The van der Waals surface area contributed by atoms with Gasteiger partial charge in [0.1, 0.15) is 23.0 Å². The fourth-order valence-electron chi connectivity index (χ4n) is 4.04. The highest BCUT2D eigenvalue weighted by Gasteiger charge is 2.21. The molecule has 0 saturated carbocycles. The van der Waals surface area contributed by atoms with Crippen LogP contribution in [-0.4, -0.2) is 52.9 Å². The van der Waals surface area contributed by atoms with Gasteiger partial charge < -0.3 is 38.6 Å². The Kier molecular flexibility index (Phi) is 11.8. The first-order chi connectivity index (χ1) is 20.0. The Morgan fingerprint density at radius 1 is 0.476 bits per heavy atom. The van der Waals surface area contributed by atoms with Gasteiger partial charge in [0, 0.05) is 43.3 Å². The van der Waals surface area contributed by atoms with E-state index in [4.69, 9.17) is 51.6 Å². The minimum atomic E-state index is -0.00827. The summed E-state index contributed by atoms with van der Waals surface area (Å²) in [5, 5.41) is 21.5. The number of ether oxygens (including phenoxy) is 6. The maximum Gasteiger partial charge on any atom is 0.165 e. The van der Waals surface area contributed by atoms with E-state index in [9.17, 15) is 10.2 Å². The third-order valence-electron chi connectivity index (χ3n) is 6.02. The molecule has 4 aromatic rings. The second-order valence-electron chi connectivity index (χ2n) is 8.38. The van der Waals surface area contributed by atoms with Crippen molar-refractivity contribution in [3.8, 4) is 68.2 Å². The first-order valence-corrected chi connectivity index (χ1v) is 14.3. The summed E-state index contributed by atoms with van der Waals surface area (Å²) in [5.74, 6) is 2.80. The number of rotatable bonds is 8. The Morgan fingerprint density at radius 2 is 0.810 bits per heavy atom. The molecule has 0 atom stereocenters. The molecule has 0 radical (unpaired) electrons. The van der Waals surface area contributed by atoms with E-state index in [0.29, 0.717) is 66.8 Å². The van der Waals surface area contributed by atoms with E-state index in [-0.39, 0.29) is 11.5 Å². The minimum Gasteiger partial charge on any atom is -0.504 e. The van der Waals surface area contributed by atoms with Gasteiger partial charge in [-0.2, -0.15) is 0 Å². The van der Waals surface area contributed by atoms with E-state index < -0.39 is 0 Å². The van der Waals surface area contributed by atoms with E-state index >= 15 is 0 Å². The molecule has 0 aliphatic rings. The Bertz CT molecular complexity index is 1460. The monoisotopic (exact) mass is 744 g/mol. The predicted octanol–water partition coefficient (Wildman–Crippen LogP) is 9.00. The molecule has 0 heterocycles. The number of aromatic hydroxyl groups is 2. The van der Waals surface area contributed by atoms with Crippen molar-refractivity contribution < 1.29 is 38.6 Å². The molecule has 4 aromatic carbocycles. The van der Waals surface area contributed by atoms with Gasteiger partial charge in [-0.15, -0.1) is 0 Å². The molecule has 0 unspecified atom stereocenters. The molecule has 0 aliphatic heterocycles. The molecule has 0 aromatic heterocycles. The zero-order chi connectivity index (χ0) is 31.1. The van der Waals surface area contributed by atoms with Crippen LogP contribution in [-0.2, 0) is 0 Å². The van der Waals surface area contributed by atoms with Crippen molar-refractivity contribution in [3.05, 3.63) is 67.5 Å². The number of hydrogen-bond acceptors (Lipinski definition) is 8. The first-order valence-electron chi connectivity index (χ1n) is 12.0. The molecule has 0 aliphatic carbocycles. The smallest absolute Gasteiger partial charge is 0.165 e. The highest BCUT2D eigenvalue weighted by molar-refractivity contribution is 9.10. The summed E-state index contributed by atoms with van der Waals surface area (Å²) in [6.07, 6.45) is 0. The van der Waals surface area contributed by atoms with Crippen LogP contribution in [0.4, 0.5) is 0 Å². The van der Waals surface area contributed by atoms with Crippen LogP contribution >= 0.6 is 55.1 Å². The fraction of sp³-hybridized carbons (Fsp3) is 0.200. The van der Waals surface area contributed by atoms with E-state index in [0.717, 1.165) is 8.95 Å². The number of phenolic OH excluding ortho intramolecular Hbond substituents is 2. The van der Waals surface area contributed by atoms with Crippen molar-refractivity contribution in [2.45, 2.75) is 0 Å². The van der Waals surface area contributed by atoms with Crippen LogP contribution in [0.1, 0.15) is 0 Å². The lowest BCUT2D eigenvalue weighted by atomic mass is 10.0. The number of benzene rings is 4. The van der Waals surface area contributed by atoms with Gasteiger partial charge in [0.15, 0.2) is 23.0 Å². The van der Waals surface area contributed by atoms with Gasteiger partial charge in [-0.3, -0.25) is 0 Å². The third kappa shape index (κ3) is 7.23. The molecule has 0 spiro atoms. The minimum absolute atomic E-state index is 0.00827. The van der Waals surface area contributed by atoms with Gasteiger partial charge in [0.05, 0.1) is 52.7 Å². The Labute approximate surface area is 270 Å². The summed E-state index contributed by atoms with van der Waals surface area (Å²) in [7, 11) is 9.12. The molecule has 4 rings (SSSR count). The topological polar surface area (TPSA) is 95.8 Å². The SMILES string of the molecule is COc1cc(Cl)c(-c2cc(Br)cc(OC)c2O)c(OC)c1.COc1cc(Cl)c(-c2cc(Br)cc(OC)c2O)c(OC)c1. The zero-order valence-electron chi connectivity index (χ0n) is 23.5. The second kappa shape index (κ2) is 14.8. The van der Waals surface area contributed by atoms with Crippen molar-refractivity contribution in [1.29, 1.82) is 0 Å². The van der Waals surface area contributed by atoms with Gasteiger partial charge in [-0.1, -0.05) is 55.1 Å². The molecule has 0 fully saturated rings. The van der Waals surface area contributed by atoms with Crippen LogP contribution in [0.2, 0.25) is 10.0 Å². The summed E-state index contributed by atoms with van der Waals surface area (Å²) in [4.78, 5) is 0. The predicted molar refractivity (Wildman–Crippen MR) is 172 cm³/mol. The maximum absolute atomic E-state index is 10.3. The van der Waals surface area contributed by atoms with Crippen LogP contribution in [0.25, 0.3) is 22.3 Å². The Balaban J connectivity index is 0.000000230. The van der Waals surface area contributed by atoms with Gasteiger partial charge in [-0.05, 0) is 36.4 Å². The van der Waals surface area contributed by atoms with Crippen LogP contribution in [0, 0.1) is 0 Å². The zero-order valence-corrected chi connectivity index (χ0v) is 28.2. The van der Waals surface area contributed by atoms with Crippen molar-refractivity contribution in [1.82, 2.24) is 0 Å². The quantitative estimate of drug-likeness (QED) is 0.185. The summed E-state index contributed by atoms with van der Waals surface area (Å²) in [5.41, 5.74) is 2.14. The standard InChI is InChI=1S/2C15H14BrClO4/c2*1-19-9-6-11(17)14(12(7-9)20-2)10-4-8(16)5-13(21-3)15(10)18/h2*4-7,18H,1-3H3. The molecule has 224 valence electrons. The van der Waals surface area contributed by atoms with E-state index in [2.05, 4.69) is 31.9 Å². The summed E-state index contributed by atoms with van der Waals surface area (Å²) < 4.78 is 32.9. The summed E-state index contributed by atoms with van der Waals surface area (Å²) in [6, 6.07) is 13.5. The molecular weight excluding hydrogens is 719 g/mol. The average Bonchev–Trinajstić information content (AvgIpc) is 2.98. The molecule has 8 nitrogen and oxygen atoms in total. The van der Waals surface area contributed by atoms with Gasteiger partial charge >= 0.3 is 0 Å².